The first-order chi connectivity index (χ1) is 11.5. The molecule has 1 aromatic heterocycles. The van der Waals surface area contributed by atoms with Gasteiger partial charge < -0.3 is 10.6 Å². The maximum absolute atomic E-state index is 13.4. The van der Waals surface area contributed by atoms with Crippen LogP contribution in [0.1, 0.15) is 24.5 Å². The van der Waals surface area contributed by atoms with E-state index in [1.807, 2.05) is 0 Å². The molecule has 2 N–H and O–H groups in total. The van der Waals surface area contributed by atoms with Crippen molar-refractivity contribution in [2.45, 2.75) is 25.3 Å². The van der Waals surface area contributed by atoms with Gasteiger partial charge in [0.1, 0.15) is 17.3 Å². The van der Waals surface area contributed by atoms with Gasteiger partial charge in [0.05, 0.1) is 12.2 Å². The first-order valence-electron chi connectivity index (χ1n) is 7.61. The van der Waals surface area contributed by atoms with E-state index in [1.165, 1.54) is 16.8 Å². The van der Waals surface area contributed by atoms with Crippen LogP contribution in [0.3, 0.4) is 0 Å². The molecule has 0 atom stereocenters. The Kier molecular flexibility index (Phi) is 4.54. The maximum Gasteiger partial charge on any atom is 0.319 e. The second-order valence-electron chi connectivity index (χ2n) is 5.57. The smallest absolute Gasteiger partial charge is 0.319 e. The molecule has 1 aliphatic rings. The molecule has 0 aliphatic heterocycles. The summed E-state index contributed by atoms with van der Waals surface area (Å²) in [4.78, 5) is 23.5. The van der Waals surface area contributed by atoms with Crippen molar-refractivity contribution in [1.29, 1.82) is 0 Å². The van der Waals surface area contributed by atoms with Crippen LogP contribution in [-0.2, 0) is 6.54 Å². The number of nitrogens with zero attached hydrogens (tertiary/aromatic N) is 2. The molecule has 1 fully saturated rings. The second-order valence-corrected chi connectivity index (χ2v) is 5.57. The average molecular weight is 334 g/mol. The first kappa shape index (κ1) is 16.1. The van der Waals surface area contributed by atoms with Crippen molar-refractivity contribution in [3.8, 4) is 0 Å². The normalized spacial score (nSPS) is 13.6. The van der Waals surface area contributed by atoms with E-state index in [1.54, 1.807) is 6.07 Å². The predicted molar refractivity (Wildman–Crippen MR) is 83.9 cm³/mol. The number of carbonyl (C=O) groups is 1. The number of rotatable bonds is 5. The van der Waals surface area contributed by atoms with Crippen LogP contribution in [0.5, 0.6) is 0 Å². The molecule has 0 spiro atoms. The Morgan fingerprint density at radius 1 is 1.21 bits per heavy atom. The van der Waals surface area contributed by atoms with E-state index < -0.39 is 23.4 Å². The van der Waals surface area contributed by atoms with Crippen LogP contribution in [0, 0.1) is 11.6 Å². The second kappa shape index (κ2) is 6.77. The Hall–Kier alpha value is -2.77. The van der Waals surface area contributed by atoms with Crippen LogP contribution >= 0.6 is 0 Å². The molecule has 0 bridgehead atoms. The van der Waals surface area contributed by atoms with Gasteiger partial charge in [0.2, 0.25) is 0 Å². The molecule has 1 aromatic carbocycles. The van der Waals surface area contributed by atoms with Crippen molar-refractivity contribution >= 4 is 11.7 Å². The minimum atomic E-state index is -0.861. The Labute approximate surface area is 136 Å². The van der Waals surface area contributed by atoms with Gasteiger partial charge in [0.25, 0.3) is 5.56 Å². The van der Waals surface area contributed by atoms with Gasteiger partial charge >= 0.3 is 6.03 Å². The van der Waals surface area contributed by atoms with E-state index in [2.05, 4.69) is 15.7 Å². The molecule has 0 unspecified atom stereocenters. The first-order valence-corrected chi connectivity index (χ1v) is 7.61. The fourth-order valence-corrected chi connectivity index (χ4v) is 2.27. The van der Waals surface area contributed by atoms with Gasteiger partial charge in [-0.25, -0.2) is 18.3 Å². The number of hydrogen-bond acceptors (Lipinski definition) is 3. The standard InChI is InChI=1S/C16H16F2N4O2/c17-11-2-1-3-12(18)15(11)20-16(24)19-8-9-22-14(23)7-6-13(21-22)10-4-5-10/h1-3,6-7,10H,4-5,8-9H2,(H2,19,20,24). The van der Waals surface area contributed by atoms with E-state index in [9.17, 15) is 18.4 Å². The molecule has 3 rings (SSSR count). The van der Waals surface area contributed by atoms with Crippen molar-refractivity contribution < 1.29 is 13.6 Å². The van der Waals surface area contributed by atoms with Crippen LogP contribution in [0.4, 0.5) is 19.3 Å². The average Bonchev–Trinajstić information content (AvgIpc) is 3.38. The summed E-state index contributed by atoms with van der Waals surface area (Å²) in [5.41, 5.74) is 0.0928. The van der Waals surface area contributed by atoms with E-state index >= 15 is 0 Å². The summed E-state index contributed by atoms with van der Waals surface area (Å²) in [6, 6.07) is 5.72. The van der Waals surface area contributed by atoms with Gasteiger partial charge in [-0.2, -0.15) is 5.10 Å². The maximum atomic E-state index is 13.4. The van der Waals surface area contributed by atoms with Gasteiger partial charge in [0.15, 0.2) is 0 Å². The molecule has 1 saturated carbocycles. The SMILES string of the molecule is O=C(NCCn1nc(C2CC2)ccc1=O)Nc1c(F)cccc1F. The Balaban J connectivity index is 1.55. The van der Waals surface area contributed by atoms with Crippen molar-refractivity contribution in [2.75, 3.05) is 11.9 Å². The molecule has 1 aliphatic carbocycles. The third-order valence-corrected chi connectivity index (χ3v) is 3.69. The van der Waals surface area contributed by atoms with Crippen molar-refractivity contribution in [3.05, 3.63) is 58.0 Å². The Morgan fingerprint density at radius 2 is 1.92 bits per heavy atom. The lowest BCUT2D eigenvalue weighted by atomic mass is 10.3. The summed E-state index contributed by atoms with van der Waals surface area (Å²) in [6.07, 6.45) is 2.14. The monoisotopic (exact) mass is 334 g/mol. The molecule has 8 heteroatoms. The van der Waals surface area contributed by atoms with Crippen LogP contribution in [0.25, 0.3) is 0 Å². The highest BCUT2D eigenvalue weighted by atomic mass is 19.1. The minimum absolute atomic E-state index is 0.100. The van der Waals surface area contributed by atoms with E-state index in [0.717, 1.165) is 30.7 Å². The number of benzene rings is 1. The zero-order valence-corrected chi connectivity index (χ0v) is 12.8. The van der Waals surface area contributed by atoms with Gasteiger partial charge in [-0.3, -0.25) is 4.79 Å². The predicted octanol–water partition coefficient (Wildman–Crippen LogP) is 2.22. The van der Waals surface area contributed by atoms with Crippen molar-refractivity contribution in [1.82, 2.24) is 15.1 Å². The third kappa shape index (κ3) is 3.76. The highest BCUT2D eigenvalue weighted by Gasteiger charge is 2.25. The molecule has 0 radical (unpaired) electrons. The number of hydrogen-bond donors (Lipinski definition) is 2. The molecule has 2 amide bonds. The van der Waals surface area contributed by atoms with E-state index in [4.69, 9.17) is 0 Å². The molecule has 1 heterocycles. The molecular weight excluding hydrogens is 318 g/mol. The summed E-state index contributed by atoms with van der Waals surface area (Å²) in [5, 5.41) is 8.81. The van der Waals surface area contributed by atoms with Crippen molar-refractivity contribution in [2.24, 2.45) is 0 Å². The molecule has 126 valence electrons. The summed E-state index contributed by atoms with van der Waals surface area (Å²) in [6.45, 7) is 0.273. The lowest BCUT2D eigenvalue weighted by molar-refractivity contribution is 0.251. The number of urea groups is 1. The van der Waals surface area contributed by atoms with Crippen LogP contribution in [-0.4, -0.2) is 22.4 Å². The molecule has 0 saturated heterocycles. The number of para-hydroxylation sites is 1. The zero-order valence-electron chi connectivity index (χ0n) is 12.8. The zero-order chi connectivity index (χ0) is 17.1. The van der Waals surface area contributed by atoms with Gasteiger partial charge in [0, 0.05) is 18.5 Å². The Morgan fingerprint density at radius 3 is 2.58 bits per heavy atom. The number of carbonyl (C=O) groups excluding carboxylic acids is 1. The summed E-state index contributed by atoms with van der Waals surface area (Å²) in [7, 11) is 0. The lowest BCUT2D eigenvalue weighted by Gasteiger charge is -2.10. The van der Waals surface area contributed by atoms with Crippen LogP contribution < -0.4 is 16.2 Å². The van der Waals surface area contributed by atoms with Crippen molar-refractivity contribution in [3.63, 3.8) is 0 Å². The number of amides is 2. The fourth-order valence-electron chi connectivity index (χ4n) is 2.27. The van der Waals surface area contributed by atoms with Crippen LogP contribution in [0.2, 0.25) is 0 Å². The summed E-state index contributed by atoms with van der Waals surface area (Å²) < 4.78 is 28.2. The fraction of sp³-hybridized carbons (Fsp3) is 0.312. The largest absolute Gasteiger partial charge is 0.336 e. The van der Waals surface area contributed by atoms with Gasteiger partial charge in [-0.15, -0.1) is 0 Å². The lowest BCUT2D eigenvalue weighted by Crippen LogP contribution is -2.35. The highest BCUT2D eigenvalue weighted by Crippen LogP contribution is 2.38. The van der Waals surface area contributed by atoms with Crippen LogP contribution in [0.15, 0.2) is 35.1 Å². The number of halogens is 2. The third-order valence-electron chi connectivity index (χ3n) is 3.69. The number of anilines is 1. The Bertz CT molecular complexity index is 798. The number of aromatic nitrogens is 2. The summed E-state index contributed by atoms with van der Waals surface area (Å²) in [5.74, 6) is -1.31. The van der Waals surface area contributed by atoms with Gasteiger partial charge in [-0.05, 0) is 31.0 Å². The van der Waals surface area contributed by atoms with Gasteiger partial charge in [-0.1, -0.05) is 6.07 Å². The quantitative estimate of drug-likeness (QED) is 0.880. The molecule has 2 aromatic rings. The highest BCUT2D eigenvalue weighted by molar-refractivity contribution is 5.89. The molecule has 6 nitrogen and oxygen atoms in total. The van der Waals surface area contributed by atoms with E-state index in [-0.39, 0.29) is 18.6 Å². The minimum Gasteiger partial charge on any atom is -0.336 e. The summed E-state index contributed by atoms with van der Waals surface area (Å²) >= 11 is 0. The molecule has 24 heavy (non-hydrogen) atoms. The number of nitrogens with one attached hydrogen (secondary N) is 2. The molecular formula is C16H16F2N4O2. The topological polar surface area (TPSA) is 76.0 Å². The van der Waals surface area contributed by atoms with E-state index in [0.29, 0.717) is 5.92 Å².